The van der Waals surface area contributed by atoms with Crippen LogP contribution in [0.15, 0.2) is 94.5 Å². The van der Waals surface area contributed by atoms with Gasteiger partial charge in [0, 0.05) is 5.75 Å². The third-order valence-corrected chi connectivity index (χ3v) is 8.64. The van der Waals surface area contributed by atoms with Crippen molar-refractivity contribution in [1.29, 1.82) is 0 Å². The third kappa shape index (κ3) is 5.88. The highest BCUT2D eigenvalue weighted by atomic mass is 32.2. The highest BCUT2D eigenvalue weighted by molar-refractivity contribution is 8.00. The van der Waals surface area contributed by atoms with E-state index in [0.29, 0.717) is 32.9 Å². The smallest absolute Gasteiger partial charge is 0.296 e. The molecule has 0 spiro atoms. The largest absolute Gasteiger partial charge is 0.503 e. The molecule has 4 aromatic rings. The Morgan fingerprint density at radius 1 is 0.976 bits per heavy atom. The van der Waals surface area contributed by atoms with E-state index in [9.17, 15) is 14.7 Å². The van der Waals surface area contributed by atoms with Gasteiger partial charge in [0.05, 0.1) is 32.9 Å². The topological polar surface area (TPSA) is 111 Å². The molecule has 0 fully saturated rings. The molecule has 1 aliphatic heterocycles. The number of rotatable bonds is 11. The van der Waals surface area contributed by atoms with Crippen LogP contribution in [0.3, 0.4) is 0 Å². The van der Waals surface area contributed by atoms with Gasteiger partial charge in [0.2, 0.25) is 10.9 Å². The van der Waals surface area contributed by atoms with E-state index < -0.39 is 23.5 Å². The second-order valence-electron chi connectivity index (χ2n) is 9.03. The Labute approximate surface area is 251 Å². The van der Waals surface area contributed by atoms with Crippen LogP contribution in [0.5, 0.6) is 17.2 Å². The number of carbonyl (C=O) groups is 2. The average molecular weight is 602 g/mol. The number of aliphatic hydroxyl groups excluding tert-OH is 1. The number of allylic oxidation sites excluding steroid dienone is 1. The van der Waals surface area contributed by atoms with Crippen LogP contribution in [0.1, 0.15) is 22.7 Å². The number of hydrogen-bond acceptors (Lipinski definition) is 10. The monoisotopic (exact) mass is 601 g/mol. The first-order valence-electron chi connectivity index (χ1n) is 12.8. The highest BCUT2D eigenvalue weighted by Gasteiger charge is 2.46. The van der Waals surface area contributed by atoms with Crippen molar-refractivity contribution < 1.29 is 28.9 Å². The quantitative estimate of drug-likeness (QED) is 0.125. The summed E-state index contributed by atoms with van der Waals surface area (Å²) in [4.78, 5) is 28.5. The molecule has 0 saturated carbocycles. The molecule has 5 rings (SSSR count). The molecule has 1 unspecified atom stereocenters. The Bertz CT molecular complexity index is 1630. The molecule has 11 heteroatoms. The van der Waals surface area contributed by atoms with Crippen molar-refractivity contribution in [3.8, 4) is 17.2 Å². The fraction of sp³-hybridized carbons (Fsp3) is 0.161. The molecule has 214 valence electrons. The van der Waals surface area contributed by atoms with Crippen LogP contribution >= 0.6 is 23.1 Å². The third-order valence-electron chi connectivity index (χ3n) is 6.51. The summed E-state index contributed by atoms with van der Waals surface area (Å²) in [5.41, 5.74) is 2.26. The van der Waals surface area contributed by atoms with Crippen LogP contribution in [0.25, 0.3) is 6.08 Å². The summed E-state index contributed by atoms with van der Waals surface area (Å²) in [6.45, 7) is 0. The Hall–Kier alpha value is -4.61. The van der Waals surface area contributed by atoms with Crippen LogP contribution in [-0.2, 0) is 15.3 Å². The molecular formula is C31H27N3O6S2. The number of nitrogens with zero attached hydrogens (tertiary/aromatic N) is 3. The first-order chi connectivity index (χ1) is 20.4. The number of carbonyl (C=O) groups excluding carboxylic acids is 2. The second kappa shape index (κ2) is 12.9. The molecule has 1 aliphatic rings. The van der Waals surface area contributed by atoms with Gasteiger partial charge in [-0.25, -0.2) is 0 Å². The van der Waals surface area contributed by atoms with Gasteiger partial charge in [-0.2, -0.15) is 0 Å². The van der Waals surface area contributed by atoms with Gasteiger partial charge in [-0.1, -0.05) is 89.8 Å². The number of anilines is 1. The van der Waals surface area contributed by atoms with Gasteiger partial charge < -0.3 is 19.3 Å². The molecule has 42 heavy (non-hydrogen) atoms. The lowest BCUT2D eigenvalue weighted by Gasteiger charge is -2.25. The van der Waals surface area contributed by atoms with Gasteiger partial charge in [-0.15, -0.1) is 10.2 Å². The van der Waals surface area contributed by atoms with E-state index in [0.717, 1.165) is 11.1 Å². The number of aromatic nitrogens is 2. The lowest BCUT2D eigenvalue weighted by molar-refractivity contribution is -0.117. The molecule has 0 saturated heterocycles. The molecule has 1 atom stereocenters. The zero-order valence-corrected chi connectivity index (χ0v) is 24.6. The zero-order valence-electron chi connectivity index (χ0n) is 23.0. The van der Waals surface area contributed by atoms with Crippen LogP contribution in [-0.4, -0.2) is 48.3 Å². The summed E-state index contributed by atoms with van der Waals surface area (Å²) in [7, 11) is 4.43. The summed E-state index contributed by atoms with van der Waals surface area (Å²) >= 11 is 2.68. The van der Waals surface area contributed by atoms with Crippen LogP contribution < -0.4 is 19.1 Å². The Kier molecular flexibility index (Phi) is 8.89. The maximum Gasteiger partial charge on any atom is 0.296 e. The van der Waals surface area contributed by atoms with Gasteiger partial charge >= 0.3 is 0 Å². The maximum atomic E-state index is 13.6. The fourth-order valence-corrected chi connectivity index (χ4v) is 6.36. The van der Waals surface area contributed by atoms with Crippen LogP contribution in [0.4, 0.5) is 5.13 Å². The van der Waals surface area contributed by atoms with E-state index >= 15 is 0 Å². The Morgan fingerprint density at radius 3 is 2.24 bits per heavy atom. The summed E-state index contributed by atoms with van der Waals surface area (Å²) in [6.07, 6.45) is 2.97. The van der Waals surface area contributed by atoms with E-state index in [4.69, 9.17) is 14.2 Å². The predicted octanol–water partition coefficient (Wildman–Crippen LogP) is 6.04. The van der Waals surface area contributed by atoms with Crippen molar-refractivity contribution in [3.05, 3.63) is 107 Å². The summed E-state index contributed by atoms with van der Waals surface area (Å²) < 4.78 is 17.2. The second-order valence-corrected chi connectivity index (χ2v) is 11.2. The maximum absolute atomic E-state index is 13.6. The number of amides is 1. The molecule has 0 bridgehead atoms. The van der Waals surface area contributed by atoms with Gasteiger partial charge in [-0.05, 0) is 34.9 Å². The highest BCUT2D eigenvalue weighted by Crippen LogP contribution is 2.47. The fourth-order valence-electron chi connectivity index (χ4n) is 4.53. The molecule has 9 nitrogen and oxygen atoms in total. The number of hydrogen-bond donors (Lipinski definition) is 1. The molecule has 3 aromatic carbocycles. The summed E-state index contributed by atoms with van der Waals surface area (Å²) in [6, 6.07) is 21.4. The van der Waals surface area contributed by atoms with E-state index in [-0.39, 0.29) is 10.7 Å². The van der Waals surface area contributed by atoms with Crippen molar-refractivity contribution in [2.24, 2.45) is 0 Å². The Morgan fingerprint density at radius 2 is 1.62 bits per heavy atom. The summed E-state index contributed by atoms with van der Waals surface area (Å²) in [5.74, 6) is -0.292. The molecular weight excluding hydrogens is 574 g/mol. The minimum atomic E-state index is -1.04. The van der Waals surface area contributed by atoms with Gasteiger partial charge in [0.15, 0.2) is 27.4 Å². The first-order valence-corrected chi connectivity index (χ1v) is 14.6. The van der Waals surface area contributed by atoms with Crippen molar-refractivity contribution in [2.45, 2.75) is 16.1 Å². The predicted molar refractivity (Wildman–Crippen MR) is 162 cm³/mol. The van der Waals surface area contributed by atoms with Crippen molar-refractivity contribution >= 4 is 46.0 Å². The minimum Gasteiger partial charge on any atom is -0.503 e. The lowest BCUT2D eigenvalue weighted by Crippen LogP contribution is -2.31. The molecule has 0 radical (unpaired) electrons. The van der Waals surface area contributed by atoms with E-state index in [1.807, 2.05) is 60.7 Å². The number of ether oxygens (including phenoxy) is 3. The first kappa shape index (κ1) is 28.9. The number of benzene rings is 3. The normalized spacial score (nSPS) is 15.0. The van der Waals surface area contributed by atoms with E-state index in [1.54, 1.807) is 18.2 Å². The van der Waals surface area contributed by atoms with Crippen LogP contribution in [0.2, 0.25) is 0 Å². The molecule has 2 heterocycles. The SMILES string of the molecule is COc1cc(C2C(C(=O)/C=C/c3ccccc3)=C(O)C(=O)N2c2nnc(SCc3ccccc3)s2)cc(OC)c1OC. The van der Waals surface area contributed by atoms with Gasteiger partial charge in [0.25, 0.3) is 5.91 Å². The molecule has 1 amide bonds. The molecule has 0 aliphatic carbocycles. The number of ketones is 1. The molecule has 1 aromatic heterocycles. The van der Waals surface area contributed by atoms with E-state index in [2.05, 4.69) is 10.2 Å². The number of thioether (sulfide) groups is 1. The summed E-state index contributed by atoms with van der Waals surface area (Å²) in [5, 5.41) is 19.9. The van der Waals surface area contributed by atoms with Crippen molar-refractivity contribution in [3.63, 3.8) is 0 Å². The van der Waals surface area contributed by atoms with Gasteiger partial charge in [0.1, 0.15) is 0 Å². The van der Waals surface area contributed by atoms with Crippen molar-refractivity contribution in [2.75, 3.05) is 26.2 Å². The van der Waals surface area contributed by atoms with E-state index in [1.165, 1.54) is 55.4 Å². The van der Waals surface area contributed by atoms with Gasteiger partial charge in [-0.3, -0.25) is 14.5 Å². The zero-order chi connectivity index (χ0) is 29.6. The van der Waals surface area contributed by atoms with Crippen LogP contribution in [0, 0.1) is 0 Å². The lowest BCUT2D eigenvalue weighted by atomic mass is 9.95. The van der Waals surface area contributed by atoms with Crippen molar-refractivity contribution in [1.82, 2.24) is 10.2 Å². The molecule has 1 N–H and O–H groups in total. The number of methoxy groups -OCH3 is 3. The number of aliphatic hydroxyl groups is 1. The average Bonchev–Trinajstić information content (AvgIpc) is 3.60. The standard InChI is InChI=1S/C31H27N3O6S2/c1-38-23-16-21(17-24(39-2)28(23)40-3)26-25(22(35)15-14-19-10-6-4-7-11-19)27(36)29(37)34(26)30-32-33-31(42-30)41-18-20-12-8-5-9-13-20/h4-17,26,36H,18H2,1-3H3/b15-14+. The Balaban J connectivity index is 1.56. The minimum absolute atomic E-state index is 0.102.